The highest BCUT2D eigenvalue weighted by Crippen LogP contribution is 2.32. The Balaban J connectivity index is 1.74. The highest BCUT2D eigenvalue weighted by Gasteiger charge is 2.14. The number of aromatic amines is 1. The van der Waals surface area contributed by atoms with Crippen LogP contribution in [0.3, 0.4) is 0 Å². The molecule has 0 spiro atoms. The van der Waals surface area contributed by atoms with Gasteiger partial charge in [-0.1, -0.05) is 18.2 Å². The number of nitrogens with zero attached hydrogens (tertiary/aromatic N) is 4. The van der Waals surface area contributed by atoms with Gasteiger partial charge in [0.2, 0.25) is 5.82 Å². The van der Waals surface area contributed by atoms with E-state index in [0.29, 0.717) is 11.4 Å². The Morgan fingerprint density at radius 2 is 1.74 bits per heavy atom. The summed E-state index contributed by atoms with van der Waals surface area (Å²) in [4.78, 5) is 0. The summed E-state index contributed by atoms with van der Waals surface area (Å²) in [6.45, 7) is 0.231. The second kappa shape index (κ2) is 5.98. The van der Waals surface area contributed by atoms with Crippen LogP contribution in [0.25, 0.3) is 33.2 Å². The largest absolute Gasteiger partial charge is 0.336 e. The van der Waals surface area contributed by atoms with Gasteiger partial charge in [-0.2, -0.15) is 5.21 Å². The number of hydrogen-bond donors (Lipinski definition) is 1. The first-order chi connectivity index (χ1) is 13.2. The standard InChI is InChI=1S/C20H13F2N5/c21-14-6-7-17(22)13(9-14)11-27-18-4-2-1-3-15(18)16-10-12(5-8-19(16)27)20-23-25-26-24-20/h1-10H,11H2,(H,23,24,25,26). The summed E-state index contributed by atoms with van der Waals surface area (Å²) in [6.07, 6.45) is 0. The van der Waals surface area contributed by atoms with Crippen LogP contribution in [-0.4, -0.2) is 25.2 Å². The van der Waals surface area contributed by atoms with Crippen molar-refractivity contribution in [3.8, 4) is 11.4 Å². The third-order valence-corrected chi connectivity index (χ3v) is 4.71. The predicted octanol–water partition coefficient (Wildman–Crippen LogP) is 4.30. The maximum absolute atomic E-state index is 14.2. The molecular weight excluding hydrogens is 348 g/mol. The van der Waals surface area contributed by atoms with Gasteiger partial charge in [-0.25, -0.2) is 8.78 Å². The van der Waals surface area contributed by atoms with Crippen LogP contribution in [0.15, 0.2) is 60.7 Å². The van der Waals surface area contributed by atoms with Gasteiger partial charge in [0, 0.05) is 32.9 Å². The lowest BCUT2D eigenvalue weighted by molar-refractivity contribution is 0.580. The average molecular weight is 361 g/mol. The van der Waals surface area contributed by atoms with Gasteiger partial charge in [-0.3, -0.25) is 0 Å². The molecule has 0 atom stereocenters. The summed E-state index contributed by atoms with van der Waals surface area (Å²) in [5.74, 6) is -0.373. The number of halogens is 2. The number of H-pyrrole nitrogens is 1. The van der Waals surface area contributed by atoms with E-state index in [2.05, 4.69) is 20.6 Å². The Bertz CT molecular complexity index is 1270. The van der Waals surface area contributed by atoms with Crippen LogP contribution in [-0.2, 0) is 6.54 Å². The number of aromatic nitrogens is 5. The molecule has 0 aliphatic carbocycles. The Kier molecular flexibility index (Phi) is 3.46. The minimum Gasteiger partial charge on any atom is -0.336 e. The van der Waals surface area contributed by atoms with Crippen molar-refractivity contribution in [2.24, 2.45) is 0 Å². The number of hydrogen-bond acceptors (Lipinski definition) is 3. The lowest BCUT2D eigenvalue weighted by Gasteiger charge is -2.09. The fourth-order valence-electron chi connectivity index (χ4n) is 3.48. The number of tetrazole rings is 1. The molecule has 0 saturated heterocycles. The zero-order valence-electron chi connectivity index (χ0n) is 14.0. The summed E-state index contributed by atoms with van der Waals surface area (Å²) in [5, 5.41) is 16.1. The molecule has 2 aromatic heterocycles. The predicted molar refractivity (Wildman–Crippen MR) is 98.1 cm³/mol. The Labute approximate surface area is 152 Å². The number of rotatable bonds is 3. The SMILES string of the molecule is Fc1ccc(F)c(Cn2c3ccccc3c3cc(-c4nn[nH]n4)ccc32)c1. The van der Waals surface area contributed by atoms with E-state index in [1.165, 1.54) is 6.07 Å². The zero-order valence-corrected chi connectivity index (χ0v) is 14.0. The van der Waals surface area contributed by atoms with Crippen LogP contribution in [0.1, 0.15) is 5.56 Å². The molecule has 0 saturated carbocycles. The summed E-state index contributed by atoms with van der Waals surface area (Å²) in [6, 6.07) is 17.2. The molecule has 132 valence electrons. The molecule has 0 fully saturated rings. The van der Waals surface area contributed by atoms with Gasteiger partial charge in [0.25, 0.3) is 0 Å². The van der Waals surface area contributed by atoms with Crippen LogP contribution in [0.2, 0.25) is 0 Å². The minimum atomic E-state index is -0.452. The van der Waals surface area contributed by atoms with E-state index in [-0.39, 0.29) is 6.54 Å². The molecule has 0 aliphatic rings. The van der Waals surface area contributed by atoms with E-state index in [1.807, 2.05) is 47.0 Å². The monoisotopic (exact) mass is 361 g/mol. The van der Waals surface area contributed by atoms with Gasteiger partial charge in [-0.05, 0) is 47.7 Å². The zero-order chi connectivity index (χ0) is 18.4. The van der Waals surface area contributed by atoms with Gasteiger partial charge >= 0.3 is 0 Å². The van der Waals surface area contributed by atoms with Crippen LogP contribution in [0.4, 0.5) is 8.78 Å². The van der Waals surface area contributed by atoms with Crippen molar-refractivity contribution in [3.05, 3.63) is 77.9 Å². The molecule has 0 radical (unpaired) electrons. The topological polar surface area (TPSA) is 59.4 Å². The minimum absolute atomic E-state index is 0.231. The van der Waals surface area contributed by atoms with Crippen LogP contribution in [0, 0.1) is 11.6 Å². The fourth-order valence-corrected chi connectivity index (χ4v) is 3.48. The van der Waals surface area contributed by atoms with Gasteiger partial charge < -0.3 is 4.57 Å². The van der Waals surface area contributed by atoms with Crippen molar-refractivity contribution in [1.29, 1.82) is 0 Å². The van der Waals surface area contributed by atoms with E-state index in [9.17, 15) is 8.78 Å². The highest BCUT2D eigenvalue weighted by molar-refractivity contribution is 6.09. The number of para-hydroxylation sites is 1. The number of benzene rings is 3. The van der Waals surface area contributed by atoms with E-state index < -0.39 is 11.6 Å². The molecule has 0 aliphatic heterocycles. The van der Waals surface area contributed by atoms with Gasteiger partial charge in [0.1, 0.15) is 11.6 Å². The molecule has 0 unspecified atom stereocenters. The third kappa shape index (κ3) is 2.55. The van der Waals surface area contributed by atoms with Gasteiger partial charge in [0.05, 0.1) is 6.54 Å². The summed E-state index contributed by atoms with van der Waals surface area (Å²) >= 11 is 0. The molecule has 0 bridgehead atoms. The Morgan fingerprint density at radius 1 is 0.889 bits per heavy atom. The molecule has 3 aromatic carbocycles. The summed E-state index contributed by atoms with van der Waals surface area (Å²) < 4.78 is 29.8. The van der Waals surface area contributed by atoms with E-state index in [4.69, 9.17) is 0 Å². The first-order valence-corrected chi connectivity index (χ1v) is 8.39. The Hall–Kier alpha value is -3.61. The maximum Gasteiger partial charge on any atom is 0.204 e. The molecule has 1 N–H and O–H groups in total. The van der Waals surface area contributed by atoms with Gasteiger partial charge in [0.15, 0.2) is 0 Å². The fraction of sp³-hybridized carbons (Fsp3) is 0.0500. The lowest BCUT2D eigenvalue weighted by Crippen LogP contribution is -2.02. The first kappa shape index (κ1) is 15.6. The van der Waals surface area contributed by atoms with Crippen LogP contribution >= 0.6 is 0 Å². The Morgan fingerprint density at radius 3 is 2.59 bits per heavy atom. The summed E-state index contributed by atoms with van der Waals surface area (Å²) in [7, 11) is 0. The quantitative estimate of drug-likeness (QED) is 0.521. The van der Waals surface area contributed by atoms with Crippen molar-refractivity contribution in [2.75, 3.05) is 0 Å². The second-order valence-corrected chi connectivity index (χ2v) is 6.31. The van der Waals surface area contributed by atoms with Crippen molar-refractivity contribution in [1.82, 2.24) is 25.2 Å². The molecule has 0 amide bonds. The summed E-state index contributed by atoms with van der Waals surface area (Å²) in [5.41, 5.74) is 3.00. The molecule has 7 heteroatoms. The van der Waals surface area contributed by atoms with Gasteiger partial charge in [-0.15, -0.1) is 10.2 Å². The van der Waals surface area contributed by atoms with E-state index >= 15 is 0 Å². The van der Waals surface area contributed by atoms with Crippen LogP contribution < -0.4 is 0 Å². The molecular formula is C20H13F2N5. The second-order valence-electron chi connectivity index (χ2n) is 6.31. The molecule has 2 heterocycles. The van der Waals surface area contributed by atoms with Crippen LogP contribution in [0.5, 0.6) is 0 Å². The molecule has 27 heavy (non-hydrogen) atoms. The van der Waals surface area contributed by atoms with Crippen molar-refractivity contribution in [3.63, 3.8) is 0 Å². The van der Waals surface area contributed by atoms with E-state index in [1.54, 1.807) is 0 Å². The number of nitrogens with one attached hydrogen (secondary N) is 1. The smallest absolute Gasteiger partial charge is 0.204 e. The lowest BCUT2D eigenvalue weighted by atomic mass is 10.1. The highest BCUT2D eigenvalue weighted by atomic mass is 19.1. The molecule has 5 aromatic rings. The average Bonchev–Trinajstić information content (AvgIpc) is 3.32. The number of fused-ring (bicyclic) bond motifs is 3. The van der Waals surface area contributed by atoms with E-state index in [0.717, 1.165) is 39.5 Å². The molecule has 5 rings (SSSR count). The third-order valence-electron chi connectivity index (χ3n) is 4.71. The molecule has 5 nitrogen and oxygen atoms in total. The van der Waals surface area contributed by atoms with Crippen molar-refractivity contribution >= 4 is 21.8 Å². The first-order valence-electron chi connectivity index (χ1n) is 8.39. The normalized spacial score (nSPS) is 11.5. The van der Waals surface area contributed by atoms with Crippen molar-refractivity contribution < 1.29 is 8.78 Å². The van der Waals surface area contributed by atoms with Crippen molar-refractivity contribution in [2.45, 2.75) is 6.54 Å². The maximum atomic E-state index is 14.2.